The summed E-state index contributed by atoms with van der Waals surface area (Å²) in [6, 6.07) is 12.4. The van der Waals surface area contributed by atoms with E-state index in [2.05, 4.69) is 24.9 Å². The zero-order valence-electron chi connectivity index (χ0n) is 20.1. The molecule has 1 aliphatic heterocycles. The second-order valence-corrected chi connectivity index (χ2v) is 10.3. The molecule has 1 aromatic heterocycles. The van der Waals surface area contributed by atoms with Crippen LogP contribution in [0, 0.1) is 20.8 Å². The molecule has 180 valence electrons. The number of aromatic nitrogens is 2. The first-order valence-corrected chi connectivity index (χ1v) is 12.9. The van der Waals surface area contributed by atoms with Gasteiger partial charge in [-0.3, -0.25) is 4.72 Å². The number of methoxy groups -OCH3 is 1. The molecule has 0 unspecified atom stereocenters. The van der Waals surface area contributed by atoms with Gasteiger partial charge in [-0.05, 0) is 75.4 Å². The van der Waals surface area contributed by atoms with Gasteiger partial charge in [-0.15, -0.1) is 0 Å². The standard InChI is InChI=1S/C25H31N5O3S/c1-17-14-18(2)23(16-22(17)33-4)34(31,32)29-21-10-8-20(9-11-21)27-25-26-19(3)15-24(28-25)30-12-6-5-7-13-30/h8-11,14-16,29H,5-7,12-13H2,1-4H3,(H,26,27,28). The van der Waals surface area contributed by atoms with Crippen molar-refractivity contribution in [2.75, 3.05) is 35.1 Å². The zero-order chi connectivity index (χ0) is 24.3. The van der Waals surface area contributed by atoms with Crippen LogP contribution in [0.5, 0.6) is 5.75 Å². The van der Waals surface area contributed by atoms with E-state index in [-0.39, 0.29) is 4.90 Å². The van der Waals surface area contributed by atoms with Crippen LogP contribution in [0.1, 0.15) is 36.1 Å². The van der Waals surface area contributed by atoms with Crippen LogP contribution in [0.4, 0.5) is 23.1 Å². The molecule has 34 heavy (non-hydrogen) atoms. The van der Waals surface area contributed by atoms with Gasteiger partial charge < -0.3 is 15.0 Å². The van der Waals surface area contributed by atoms with Gasteiger partial charge in [0.15, 0.2) is 0 Å². The summed E-state index contributed by atoms with van der Waals surface area (Å²) < 4.78 is 33.9. The number of nitrogens with zero attached hydrogens (tertiary/aromatic N) is 3. The largest absolute Gasteiger partial charge is 0.496 e. The van der Waals surface area contributed by atoms with E-state index in [4.69, 9.17) is 4.74 Å². The molecule has 0 aliphatic carbocycles. The first-order chi connectivity index (χ1) is 16.2. The van der Waals surface area contributed by atoms with Crippen LogP contribution >= 0.6 is 0 Å². The van der Waals surface area contributed by atoms with Crippen molar-refractivity contribution >= 4 is 33.2 Å². The minimum Gasteiger partial charge on any atom is -0.496 e. The van der Waals surface area contributed by atoms with E-state index in [1.807, 2.05) is 19.9 Å². The Hall–Kier alpha value is -3.33. The summed E-state index contributed by atoms with van der Waals surface area (Å²) in [4.78, 5) is 11.7. The monoisotopic (exact) mass is 481 g/mol. The first kappa shape index (κ1) is 23.8. The number of rotatable bonds is 7. The van der Waals surface area contributed by atoms with E-state index < -0.39 is 10.0 Å². The van der Waals surface area contributed by atoms with E-state index in [1.54, 1.807) is 43.3 Å². The second kappa shape index (κ2) is 9.89. The fourth-order valence-electron chi connectivity index (χ4n) is 4.18. The average molecular weight is 482 g/mol. The van der Waals surface area contributed by atoms with Gasteiger partial charge in [0, 0.05) is 42.3 Å². The van der Waals surface area contributed by atoms with Gasteiger partial charge in [-0.1, -0.05) is 6.07 Å². The number of benzene rings is 2. The Morgan fingerprint density at radius 1 is 0.882 bits per heavy atom. The fourth-order valence-corrected chi connectivity index (χ4v) is 5.48. The Morgan fingerprint density at radius 2 is 1.56 bits per heavy atom. The third-order valence-corrected chi connectivity index (χ3v) is 7.42. The molecule has 0 spiro atoms. The summed E-state index contributed by atoms with van der Waals surface area (Å²) in [6.07, 6.45) is 3.62. The smallest absolute Gasteiger partial charge is 0.262 e. The summed E-state index contributed by atoms with van der Waals surface area (Å²) in [5, 5.41) is 3.23. The fraction of sp³-hybridized carbons (Fsp3) is 0.360. The van der Waals surface area contributed by atoms with Gasteiger partial charge in [0.2, 0.25) is 5.95 Å². The molecule has 1 saturated heterocycles. The minimum absolute atomic E-state index is 0.190. The predicted octanol–water partition coefficient (Wildman–Crippen LogP) is 4.95. The Balaban J connectivity index is 1.49. The van der Waals surface area contributed by atoms with E-state index in [0.29, 0.717) is 22.9 Å². The third-order valence-electron chi connectivity index (χ3n) is 5.90. The van der Waals surface area contributed by atoms with E-state index in [9.17, 15) is 8.42 Å². The topological polar surface area (TPSA) is 96.5 Å². The summed E-state index contributed by atoms with van der Waals surface area (Å²) >= 11 is 0. The quantitative estimate of drug-likeness (QED) is 0.493. The van der Waals surface area contributed by atoms with Crippen LogP contribution in [-0.4, -0.2) is 38.6 Å². The third kappa shape index (κ3) is 5.41. The van der Waals surface area contributed by atoms with Gasteiger partial charge in [-0.25, -0.2) is 13.4 Å². The van der Waals surface area contributed by atoms with Crippen LogP contribution in [-0.2, 0) is 10.0 Å². The number of ether oxygens (including phenoxy) is 1. The molecule has 0 atom stereocenters. The van der Waals surface area contributed by atoms with Crippen LogP contribution < -0.4 is 19.7 Å². The second-order valence-electron chi connectivity index (χ2n) is 8.63. The summed E-state index contributed by atoms with van der Waals surface area (Å²) in [7, 11) is -2.24. The summed E-state index contributed by atoms with van der Waals surface area (Å²) in [5.41, 5.74) is 3.67. The van der Waals surface area contributed by atoms with Crippen molar-refractivity contribution in [3.8, 4) is 5.75 Å². The maximum absolute atomic E-state index is 13.0. The molecule has 2 aromatic carbocycles. The van der Waals surface area contributed by atoms with E-state index in [0.717, 1.165) is 35.9 Å². The number of hydrogen-bond acceptors (Lipinski definition) is 7. The van der Waals surface area contributed by atoms with Crippen LogP contribution in [0.2, 0.25) is 0 Å². The molecule has 1 fully saturated rings. The summed E-state index contributed by atoms with van der Waals surface area (Å²) in [6.45, 7) is 7.64. The Labute approximate surface area is 201 Å². The highest BCUT2D eigenvalue weighted by Gasteiger charge is 2.19. The molecule has 8 nitrogen and oxygen atoms in total. The molecule has 0 amide bonds. The lowest BCUT2D eigenvalue weighted by Crippen LogP contribution is -2.30. The van der Waals surface area contributed by atoms with Crippen molar-refractivity contribution in [3.63, 3.8) is 0 Å². The molecule has 9 heteroatoms. The lowest BCUT2D eigenvalue weighted by atomic mass is 10.1. The van der Waals surface area contributed by atoms with Gasteiger partial charge in [0.1, 0.15) is 11.6 Å². The van der Waals surface area contributed by atoms with Crippen molar-refractivity contribution in [2.24, 2.45) is 0 Å². The molecule has 2 heterocycles. The van der Waals surface area contributed by atoms with Crippen LogP contribution in [0.25, 0.3) is 0 Å². The van der Waals surface area contributed by atoms with E-state index in [1.165, 1.54) is 26.4 Å². The van der Waals surface area contributed by atoms with Crippen LogP contribution in [0.3, 0.4) is 0 Å². The Bertz CT molecular complexity index is 1270. The first-order valence-electron chi connectivity index (χ1n) is 11.4. The van der Waals surface area contributed by atoms with Crippen molar-refractivity contribution in [2.45, 2.75) is 44.9 Å². The van der Waals surface area contributed by atoms with Crippen molar-refractivity contribution in [1.82, 2.24) is 9.97 Å². The number of aryl methyl sites for hydroxylation is 3. The molecule has 0 radical (unpaired) electrons. The molecule has 2 N–H and O–H groups in total. The number of hydrogen-bond donors (Lipinski definition) is 2. The molecule has 1 aliphatic rings. The molecule has 4 rings (SSSR count). The normalized spacial score (nSPS) is 14.1. The Morgan fingerprint density at radius 3 is 2.24 bits per heavy atom. The minimum atomic E-state index is -3.77. The lowest BCUT2D eigenvalue weighted by Gasteiger charge is -2.28. The average Bonchev–Trinajstić information content (AvgIpc) is 2.80. The highest BCUT2D eigenvalue weighted by atomic mass is 32.2. The number of nitrogens with one attached hydrogen (secondary N) is 2. The Kier molecular flexibility index (Phi) is 6.92. The van der Waals surface area contributed by atoms with Gasteiger partial charge >= 0.3 is 0 Å². The predicted molar refractivity (Wildman–Crippen MR) is 136 cm³/mol. The highest BCUT2D eigenvalue weighted by molar-refractivity contribution is 7.92. The number of piperidine rings is 1. The maximum atomic E-state index is 13.0. The van der Waals surface area contributed by atoms with Gasteiger partial charge in [-0.2, -0.15) is 4.98 Å². The molecular weight excluding hydrogens is 450 g/mol. The number of sulfonamides is 1. The lowest BCUT2D eigenvalue weighted by molar-refractivity contribution is 0.410. The van der Waals surface area contributed by atoms with Crippen molar-refractivity contribution in [3.05, 3.63) is 59.3 Å². The van der Waals surface area contributed by atoms with Crippen molar-refractivity contribution < 1.29 is 13.2 Å². The van der Waals surface area contributed by atoms with Crippen LogP contribution in [0.15, 0.2) is 47.4 Å². The SMILES string of the molecule is COc1cc(S(=O)(=O)Nc2ccc(Nc3nc(C)cc(N4CCCCC4)n3)cc2)c(C)cc1C. The summed E-state index contributed by atoms with van der Waals surface area (Å²) in [5.74, 6) is 1.99. The molecule has 3 aromatic rings. The molecular formula is C25H31N5O3S. The maximum Gasteiger partial charge on any atom is 0.262 e. The van der Waals surface area contributed by atoms with Gasteiger partial charge in [0.05, 0.1) is 12.0 Å². The highest BCUT2D eigenvalue weighted by Crippen LogP contribution is 2.28. The molecule has 0 bridgehead atoms. The molecule has 0 saturated carbocycles. The number of anilines is 4. The zero-order valence-corrected chi connectivity index (χ0v) is 20.9. The van der Waals surface area contributed by atoms with Gasteiger partial charge in [0.25, 0.3) is 10.0 Å². The van der Waals surface area contributed by atoms with E-state index >= 15 is 0 Å². The van der Waals surface area contributed by atoms with Crippen molar-refractivity contribution in [1.29, 1.82) is 0 Å².